The average molecular weight is 494 g/mol. The summed E-state index contributed by atoms with van der Waals surface area (Å²) in [5.41, 5.74) is 1.39. The van der Waals surface area contributed by atoms with Crippen LogP contribution in [0, 0.1) is 5.82 Å². The third kappa shape index (κ3) is 5.61. The third-order valence-electron chi connectivity index (χ3n) is 6.09. The molecule has 0 radical (unpaired) electrons. The summed E-state index contributed by atoms with van der Waals surface area (Å²) in [5.74, 6) is 2.91. The lowest BCUT2D eigenvalue weighted by molar-refractivity contribution is 0.0954. The van der Waals surface area contributed by atoms with Gasteiger partial charge < -0.3 is 14.3 Å². The third-order valence-corrected chi connectivity index (χ3v) is 6.32. The Morgan fingerprint density at radius 2 is 1.91 bits per heavy atom. The maximum atomic E-state index is 13.1. The SMILES string of the molecule is O=C(NCCc1nnc2n1CCN(Cc1ccc(-c3cccc(Cl)c3)o1)CC2)c1ccc(F)cc1. The molecule has 0 saturated heterocycles. The Balaban J connectivity index is 1.15. The summed E-state index contributed by atoms with van der Waals surface area (Å²) in [5, 5.41) is 12.3. The normalized spacial score (nSPS) is 13.9. The number of benzene rings is 2. The van der Waals surface area contributed by atoms with Crippen molar-refractivity contribution in [2.45, 2.75) is 25.9 Å². The van der Waals surface area contributed by atoms with Crippen molar-refractivity contribution >= 4 is 17.5 Å². The lowest BCUT2D eigenvalue weighted by Gasteiger charge is -2.18. The summed E-state index contributed by atoms with van der Waals surface area (Å²) in [6.45, 7) is 3.60. The van der Waals surface area contributed by atoms with Gasteiger partial charge in [0.05, 0.1) is 6.54 Å². The fourth-order valence-corrected chi connectivity index (χ4v) is 4.43. The molecule has 0 aliphatic carbocycles. The van der Waals surface area contributed by atoms with Crippen LogP contribution in [0.5, 0.6) is 0 Å². The number of carbonyl (C=O) groups is 1. The van der Waals surface area contributed by atoms with Crippen molar-refractivity contribution in [2.75, 3.05) is 19.6 Å². The molecule has 180 valence electrons. The zero-order chi connectivity index (χ0) is 24.2. The number of carbonyl (C=O) groups excluding carboxylic acids is 1. The molecule has 7 nitrogen and oxygen atoms in total. The van der Waals surface area contributed by atoms with E-state index in [0.29, 0.717) is 30.1 Å². The van der Waals surface area contributed by atoms with Crippen LogP contribution in [0.1, 0.15) is 27.8 Å². The van der Waals surface area contributed by atoms with Crippen molar-refractivity contribution in [3.05, 3.63) is 94.5 Å². The maximum Gasteiger partial charge on any atom is 0.251 e. The maximum absolute atomic E-state index is 13.1. The average Bonchev–Trinajstić information content (AvgIpc) is 3.43. The van der Waals surface area contributed by atoms with Crippen LogP contribution in [0.15, 0.2) is 65.1 Å². The van der Waals surface area contributed by atoms with Gasteiger partial charge in [0.15, 0.2) is 0 Å². The molecule has 0 atom stereocenters. The monoisotopic (exact) mass is 493 g/mol. The Morgan fingerprint density at radius 1 is 1.06 bits per heavy atom. The number of rotatable bonds is 7. The van der Waals surface area contributed by atoms with Gasteiger partial charge in [0.1, 0.15) is 29.0 Å². The van der Waals surface area contributed by atoms with Gasteiger partial charge in [-0.25, -0.2) is 4.39 Å². The molecule has 0 spiro atoms. The largest absolute Gasteiger partial charge is 0.460 e. The van der Waals surface area contributed by atoms with Crippen LogP contribution in [0.2, 0.25) is 5.02 Å². The minimum absolute atomic E-state index is 0.234. The van der Waals surface area contributed by atoms with Crippen molar-refractivity contribution in [1.82, 2.24) is 25.0 Å². The molecule has 1 N–H and O–H groups in total. The molecule has 0 saturated carbocycles. The molecular formula is C26H25ClFN5O2. The number of aromatic nitrogens is 3. The highest BCUT2D eigenvalue weighted by atomic mass is 35.5. The fraction of sp³-hybridized carbons (Fsp3) is 0.269. The quantitative estimate of drug-likeness (QED) is 0.414. The van der Waals surface area contributed by atoms with E-state index in [0.717, 1.165) is 54.8 Å². The van der Waals surface area contributed by atoms with E-state index < -0.39 is 0 Å². The Morgan fingerprint density at radius 3 is 2.74 bits per heavy atom. The predicted octanol–water partition coefficient (Wildman–Crippen LogP) is 4.36. The predicted molar refractivity (Wildman–Crippen MR) is 131 cm³/mol. The molecule has 5 rings (SSSR count). The number of fused-ring (bicyclic) bond motifs is 1. The van der Waals surface area contributed by atoms with Crippen LogP contribution in [0.3, 0.4) is 0 Å². The van der Waals surface area contributed by atoms with Gasteiger partial charge in [-0.15, -0.1) is 10.2 Å². The Bertz CT molecular complexity index is 1320. The lowest BCUT2D eigenvalue weighted by atomic mass is 10.2. The first-order valence-corrected chi connectivity index (χ1v) is 11.9. The van der Waals surface area contributed by atoms with Gasteiger partial charge in [0.2, 0.25) is 0 Å². The molecule has 1 aliphatic rings. The molecule has 4 aromatic rings. The zero-order valence-electron chi connectivity index (χ0n) is 19.1. The molecule has 35 heavy (non-hydrogen) atoms. The highest BCUT2D eigenvalue weighted by Gasteiger charge is 2.20. The molecule has 0 unspecified atom stereocenters. The van der Waals surface area contributed by atoms with Crippen LogP contribution in [0.25, 0.3) is 11.3 Å². The number of hydrogen-bond acceptors (Lipinski definition) is 5. The lowest BCUT2D eigenvalue weighted by Crippen LogP contribution is -2.28. The van der Waals surface area contributed by atoms with Crippen molar-refractivity contribution in [1.29, 1.82) is 0 Å². The van der Waals surface area contributed by atoms with E-state index in [2.05, 4.69) is 25.0 Å². The first-order chi connectivity index (χ1) is 17.0. The number of nitrogens with one attached hydrogen (secondary N) is 1. The van der Waals surface area contributed by atoms with Gasteiger partial charge >= 0.3 is 0 Å². The van der Waals surface area contributed by atoms with Gasteiger partial charge in [-0.2, -0.15) is 0 Å². The highest BCUT2D eigenvalue weighted by molar-refractivity contribution is 6.30. The molecule has 2 aromatic heterocycles. The van der Waals surface area contributed by atoms with Gasteiger partial charge in [0.25, 0.3) is 5.91 Å². The van der Waals surface area contributed by atoms with Gasteiger partial charge in [-0.1, -0.05) is 23.7 Å². The standard InChI is InChI=1S/C26H25ClFN5O2/c27-20-3-1-2-19(16-20)23-9-8-22(35-23)17-32-13-11-25-31-30-24(33(25)15-14-32)10-12-29-26(34)18-4-6-21(28)7-5-18/h1-9,16H,10-15,17H2,(H,29,34). The molecule has 3 heterocycles. The summed E-state index contributed by atoms with van der Waals surface area (Å²) < 4.78 is 21.3. The zero-order valence-corrected chi connectivity index (χ0v) is 19.8. The Labute approximate surface area is 207 Å². The van der Waals surface area contributed by atoms with Gasteiger partial charge in [0, 0.05) is 55.2 Å². The van der Waals surface area contributed by atoms with E-state index >= 15 is 0 Å². The number of amides is 1. The smallest absolute Gasteiger partial charge is 0.251 e. The summed E-state index contributed by atoms with van der Waals surface area (Å²) in [4.78, 5) is 14.6. The molecule has 1 aliphatic heterocycles. The topological polar surface area (TPSA) is 76.2 Å². The number of hydrogen-bond donors (Lipinski definition) is 1. The Hall–Kier alpha value is -3.49. The highest BCUT2D eigenvalue weighted by Crippen LogP contribution is 2.25. The van der Waals surface area contributed by atoms with Crippen LogP contribution in [-0.4, -0.2) is 45.2 Å². The fourth-order valence-electron chi connectivity index (χ4n) is 4.24. The molecule has 0 bridgehead atoms. The Kier molecular flexibility index (Phi) is 6.92. The van der Waals surface area contributed by atoms with E-state index in [9.17, 15) is 9.18 Å². The minimum atomic E-state index is -0.365. The van der Waals surface area contributed by atoms with Crippen molar-refractivity contribution in [3.8, 4) is 11.3 Å². The first-order valence-electron chi connectivity index (χ1n) is 11.6. The molecule has 1 amide bonds. The van der Waals surface area contributed by atoms with Crippen LogP contribution < -0.4 is 5.32 Å². The van der Waals surface area contributed by atoms with Crippen molar-refractivity contribution in [2.24, 2.45) is 0 Å². The number of furan rings is 1. The van der Waals surface area contributed by atoms with Crippen molar-refractivity contribution in [3.63, 3.8) is 0 Å². The number of nitrogens with zero attached hydrogens (tertiary/aromatic N) is 4. The number of halogens is 2. The second kappa shape index (κ2) is 10.4. The molecule has 2 aromatic carbocycles. The summed E-state index contributed by atoms with van der Waals surface area (Å²) in [6.07, 6.45) is 1.36. The van der Waals surface area contributed by atoms with E-state index in [-0.39, 0.29) is 11.7 Å². The van der Waals surface area contributed by atoms with E-state index in [4.69, 9.17) is 16.0 Å². The first kappa shape index (κ1) is 23.3. The van der Waals surface area contributed by atoms with Crippen molar-refractivity contribution < 1.29 is 13.6 Å². The summed E-state index contributed by atoms with van der Waals surface area (Å²) >= 11 is 6.11. The second-order valence-corrected chi connectivity index (χ2v) is 8.94. The van der Waals surface area contributed by atoms with E-state index in [1.54, 1.807) is 0 Å². The van der Waals surface area contributed by atoms with Gasteiger partial charge in [-0.3, -0.25) is 9.69 Å². The molecule has 0 fully saturated rings. The molecular weight excluding hydrogens is 469 g/mol. The van der Waals surface area contributed by atoms with Crippen LogP contribution in [0.4, 0.5) is 4.39 Å². The minimum Gasteiger partial charge on any atom is -0.460 e. The van der Waals surface area contributed by atoms with Crippen LogP contribution in [-0.2, 0) is 25.9 Å². The molecule has 9 heteroatoms. The van der Waals surface area contributed by atoms with E-state index in [1.807, 2.05) is 36.4 Å². The van der Waals surface area contributed by atoms with Gasteiger partial charge in [-0.05, 0) is 48.5 Å². The van der Waals surface area contributed by atoms with Crippen LogP contribution >= 0.6 is 11.6 Å². The summed E-state index contributed by atoms with van der Waals surface area (Å²) in [6, 6.07) is 17.1. The summed E-state index contributed by atoms with van der Waals surface area (Å²) in [7, 11) is 0. The second-order valence-electron chi connectivity index (χ2n) is 8.50. The van der Waals surface area contributed by atoms with E-state index in [1.165, 1.54) is 24.3 Å².